The fraction of sp³-hybridized carbons (Fsp3) is 0.262. The second-order valence-electron chi connectivity index (χ2n) is 20.3. The molecule has 0 N–H and O–H groups in total. The van der Waals surface area contributed by atoms with Crippen molar-refractivity contribution in [2.24, 2.45) is 28.2 Å². The third-order valence-corrected chi connectivity index (χ3v) is 15.2. The van der Waals surface area contributed by atoms with Crippen LogP contribution >= 0.6 is 23.1 Å². The van der Waals surface area contributed by atoms with Gasteiger partial charge in [-0.25, -0.2) is 18.3 Å². The molecule has 0 bridgehead atoms. The van der Waals surface area contributed by atoms with Gasteiger partial charge in [0.1, 0.15) is 55.1 Å². The molecule has 5 aromatic heterocycles. The molecule has 83 heavy (non-hydrogen) atoms. The van der Waals surface area contributed by atoms with Gasteiger partial charge in [0.15, 0.2) is 24.4 Å². The van der Waals surface area contributed by atoms with Gasteiger partial charge < -0.3 is 9.47 Å². The zero-order valence-electron chi connectivity index (χ0n) is 49.0. The predicted molar refractivity (Wildman–Crippen MR) is 317 cm³/mol. The van der Waals surface area contributed by atoms with E-state index in [2.05, 4.69) is 69.0 Å². The monoisotopic (exact) mass is 1170 g/mol. The number of hydrogen-bond donors (Lipinski definition) is 0. The Hall–Kier alpha value is -8.40. The van der Waals surface area contributed by atoms with Gasteiger partial charge in [-0.1, -0.05) is 39.3 Å². The van der Waals surface area contributed by atoms with Crippen LogP contribution in [0, 0.1) is 61.9 Å². The van der Waals surface area contributed by atoms with Gasteiger partial charge in [0.05, 0.1) is 41.4 Å². The maximum Gasteiger partial charge on any atom is 0.422 e. The van der Waals surface area contributed by atoms with Crippen LogP contribution in [0.3, 0.4) is 0 Å². The van der Waals surface area contributed by atoms with Crippen molar-refractivity contribution in [3.05, 3.63) is 200 Å². The molecule has 0 saturated heterocycles. The molecule has 0 aliphatic heterocycles. The third kappa shape index (κ3) is 17.1. The number of carbonyl (C=O) groups excluding carboxylic acids is 2. The van der Waals surface area contributed by atoms with Crippen LogP contribution in [0.1, 0.15) is 93.6 Å². The molecule has 0 aliphatic carbocycles. The van der Waals surface area contributed by atoms with E-state index in [1.54, 1.807) is 64.5 Å². The number of rotatable bonds is 11. The van der Waals surface area contributed by atoms with Gasteiger partial charge in [-0.15, -0.1) is 33.9 Å². The molecule has 0 spiro atoms. The van der Waals surface area contributed by atoms with Crippen molar-refractivity contribution < 1.29 is 64.2 Å². The second-order valence-corrected chi connectivity index (χ2v) is 23.2. The number of alkyl halides is 3. The lowest BCUT2D eigenvalue weighted by molar-refractivity contribution is -0.689. The summed E-state index contributed by atoms with van der Waals surface area (Å²) in [6, 6.07) is 29.3. The number of pyridine rings is 4. The maximum absolute atomic E-state index is 13.6. The molecule has 432 valence electrons. The number of aryl methyl sites for hydroxylation is 7. The number of carbonyl (C=O) groups is 2. The molecule has 8 rings (SSSR count). The number of aromatic nitrogens is 4. The molecule has 11 nitrogen and oxygen atoms in total. The summed E-state index contributed by atoms with van der Waals surface area (Å²) in [5.41, 5.74) is 11.1. The summed E-state index contributed by atoms with van der Waals surface area (Å²) in [5, 5.41) is 11.2. The lowest BCUT2D eigenvalue weighted by atomic mass is 9.98. The summed E-state index contributed by atoms with van der Waals surface area (Å²) >= 11 is 3.06. The van der Waals surface area contributed by atoms with E-state index in [1.165, 1.54) is 69.1 Å². The molecule has 0 saturated carbocycles. The number of ether oxygens (including phenoxy) is 2. The van der Waals surface area contributed by atoms with Crippen LogP contribution in [-0.4, -0.2) is 35.1 Å². The molecule has 8 aromatic rings. The number of ketones is 1. The van der Waals surface area contributed by atoms with Crippen molar-refractivity contribution in [2.75, 3.05) is 13.7 Å². The number of Topliss-reactive ketones (excluding diaryl/α,β-unsaturated/α-hetero) is 1. The average molecular weight is 1170 g/mol. The molecule has 3 aromatic carbocycles. The number of terminal acetylenes is 1. The molecule has 5 heterocycles. The minimum Gasteiger partial charge on any atom is -0.497 e. The van der Waals surface area contributed by atoms with E-state index in [4.69, 9.17) is 15.9 Å². The Bertz CT molecular complexity index is 3790. The number of halogens is 5. The van der Waals surface area contributed by atoms with Crippen LogP contribution in [0.25, 0.3) is 50.4 Å². The Labute approximate surface area is 490 Å². The highest BCUT2D eigenvalue weighted by molar-refractivity contribution is 8.00. The summed E-state index contributed by atoms with van der Waals surface area (Å²) in [5.74, 6) is 1.60. The Balaban J connectivity index is 0.000000203. The zero-order chi connectivity index (χ0) is 61.8. The number of thioether (sulfide) groups is 1. The standard InChI is InChI=1S/C19H22NS.C17H17N2O3.C15H15F3NO.C14H14F2NO2S/c1-7-15-8-11-18(20(6)13-15)17-10-9-16(12-14(17)2)21-19(3,4)5;1-5-13-8-11(2)15(10-16(13)19(21)22)17-9-14(12(3)20)6-7-18(17)4;1-10-8-12(20-3)5-6-13(10)14-7-4-11(9-19(14)2)15(16,17)18;1-4-19-14(18)11-5-8(2)13(20-11)10-6-9(15)7-12(16)17(10)3/h1,8-13H,2-6H3;5-10H,1H2,2-4H3;4-9H,1-3H3;5-7H,4H2,1-3H3/q4*+1. The summed E-state index contributed by atoms with van der Waals surface area (Å²) in [7, 11) is 8.56. The largest absolute Gasteiger partial charge is 0.497 e. The average Bonchev–Trinajstić information content (AvgIpc) is 3.84. The summed E-state index contributed by atoms with van der Waals surface area (Å²) in [6.45, 7) is 21.6. The van der Waals surface area contributed by atoms with Gasteiger partial charge in [0.2, 0.25) is 22.8 Å². The predicted octanol–water partition coefficient (Wildman–Crippen LogP) is 14.1. The smallest absolute Gasteiger partial charge is 0.422 e. The van der Waals surface area contributed by atoms with Crippen molar-refractivity contribution in [3.8, 4) is 62.4 Å². The third-order valence-electron chi connectivity index (χ3n) is 12.8. The van der Waals surface area contributed by atoms with Gasteiger partial charge >= 0.3 is 18.1 Å². The van der Waals surface area contributed by atoms with Crippen LogP contribution in [0.4, 0.5) is 27.6 Å². The van der Waals surface area contributed by atoms with Gasteiger partial charge in [0.25, 0.3) is 5.69 Å². The van der Waals surface area contributed by atoms with E-state index in [9.17, 15) is 41.7 Å². The van der Waals surface area contributed by atoms with Crippen molar-refractivity contribution >= 4 is 46.6 Å². The SMILES string of the molecule is C#Cc1ccc(-c2ccc(SC(C)(C)C)cc2C)[n+](C)c1.C=Cc1cc(C)c(-c2cc(C(C)=O)cc[n+]2C)cc1[N+](=O)[O-].CCOC(=O)c1cc(C)c(-c2cc(F)cc(F)[n+]2C)s1.COc1ccc(-c2ccc(C(F)(F)F)c[n+]2C)c(C)c1. The zero-order valence-corrected chi connectivity index (χ0v) is 50.6. The van der Waals surface area contributed by atoms with Crippen molar-refractivity contribution in [1.29, 1.82) is 0 Å². The van der Waals surface area contributed by atoms with Crippen LogP contribution in [0.15, 0.2) is 133 Å². The minimum atomic E-state index is -4.33. The fourth-order valence-corrected chi connectivity index (χ4v) is 10.8. The van der Waals surface area contributed by atoms with E-state index in [0.29, 0.717) is 26.6 Å². The summed E-state index contributed by atoms with van der Waals surface area (Å²) in [4.78, 5) is 36.5. The lowest BCUT2D eigenvalue weighted by Gasteiger charge is -2.18. The molecule has 0 amide bonds. The number of esters is 1. The van der Waals surface area contributed by atoms with Crippen molar-refractivity contribution in [2.45, 2.75) is 78.1 Å². The van der Waals surface area contributed by atoms with E-state index in [1.807, 2.05) is 68.7 Å². The minimum absolute atomic E-state index is 0.00354. The van der Waals surface area contributed by atoms with Crippen LogP contribution < -0.4 is 23.0 Å². The number of thiophene rings is 1. The Morgan fingerprint density at radius 2 is 1.37 bits per heavy atom. The number of nitrogens with zero attached hydrogens (tertiary/aromatic N) is 5. The highest BCUT2D eigenvalue weighted by atomic mass is 32.2. The molecular weight excluding hydrogens is 1110 g/mol. The van der Waals surface area contributed by atoms with E-state index in [0.717, 1.165) is 80.2 Å². The Morgan fingerprint density at radius 3 is 1.90 bits per heavy atom. The first-order chi connectivity index (χ1) is 38.9. The van der Waals surface area contributed by atoms with Gasteiger partial charge in [-0.3, -0.25) is 14.9 Å². The number of nitro groups is 1. The number of hydrogen-bond acceptors (Lipinski definition) is 8. The Kier molecular flexibility index (Phi) is 22.1. The second kappa shape index (κ2) is 28.1. The van der Waals surface area contributed by atoms with E-state index < -0.39 is 34.4 Å². The van der Waals surface area contributed by atoms with Crippen LogP contribution in [0.5, 0.6) is 5.75 Å². The van der Waals surface area contributed by atoms with Crippen molar-refractivity contribution in [1.82, 2.24) is 0 Å². The van der Waals surface area contributed by atoms with Gasteiger partial charge in [-0.2, -0.15) is 22.3 Å². The summed E-state index contributed by atoms with van der Waals surface area (Å²) < 4.78 is 81.8. The molecule has 0 fully saturated rings. The highest BCUT2D eigenvalue weighted by Gasteiger charge is 2.34. The summed E-state index contributed by atoms with van der Waals surface area (Å²) in [6.07, 6.45) is 7.46. The maximum atomic E-state index is 13.6. The first kappa shape index (κ1) is 65.4. The first-order valence-electron chi connectivity index (χ1n) is 25.9. The first-order valence-corrected chi connectivity index (χ1v) is 27.6. The van der Waals surface area contributed by atoms with E-state index >= 15 is 0 Å². The van der Waals surface area contributed by atoms with Crippen LogP contribution in [-0.2, 0) is 39.1 Å². The van der Waals surface area contributed by atoms with Gasteiger partial charge in [-0.05, 0) is 124 Å². The number of nitro benzene ring substituents is 1. The molecule has 0 aliphatic rings. The fourth-order valence-electron chi connectivity index (χ4n) is 8.64. The van der Waals surface area contributed by atoms with Crippen molar-refractivity contribution in [3.63, 3.8) is 0 Å². The quantitative estimate of drug-likeness (QED) is 0.0146. The van der Waals surface area contributed by atoms with Crippen LogP contribution in [0.2, 0.25) is 0 Å². The topological polar surface area (TPSA) is 111 Å². The Morgan fingerprint density at radius 1 is 0.759 bits per heavy atom. The molecule has 18 heteroatoms. The molecule has 0 radical (unpaired) electrons. The molecule has 0 atom stereocenters. The van der Waals surface area contributed by atoms with E-state index in [-0.39, 0.29) is 22.8 Å². The molecule has 0 unspecified atom stereocenters. The molecular formula is C65H68F5N5O6S2+4. The lowest BCUT2D eigenvalue weighted by Crippen LogP contribution is -2.35. The normalized spacial score (nSPS) is 10.9. The van der Waals surface area contributed by atoms with Gasteiger partial charge in [0, 0.05) is 62.7 Å². The highest BCUT2D eigenvalue weighted by Crippen LogP contribution is 2.36. The number of methoxy groups -OCH3 is 1. The number of benzene rings is 3.